The molecule has 5 rings (SSSR count). The predicted molar refractivity (Wildman–Crippen MR) is 140 cm³/mol. The predicted octanol–water partition coefficient (Wildman–Crippen LogP) is 6.67. The summed E-state index contributed by atoms with van der Waals surface area (Å²) < 4.78 is 47.4. The lowest BCUT2D eigenvalue weighted by atomic mass is 9.68. The smallest absolute Gasteiger partial charge is 0.338 e. The van der Waals surface area contributed by atoms with Crippen LogP contribution in [0.15, 0.2) is 46.8 Å². The summed E-state index contributed by atoms with van der Waals surface area (Å²) in [6, 6.07) is 9.94. The number of halogens is 1. The standard InChI is InChI=1S/C27H29FN2O5S2/c1-35-23-14-20(26(31)32)21(28)15-22(23)30-37(33,34)24-16-36-25(29-24)19-6-4-17(5-7-19)18-8-12-27(13-9-18)10-2-3-11-27/h4-7,14-16,18,30H,2-3,8-13H2,1H3,(H,31,32). The number of aromatic nitrogens is 1. The van der Waals surface area contributed by atoms with Crippen molar-refractivity contribution in [3.63, 3.8) is 0 Å². The largest absolute Gasteiger partial charge is 0.495 e. The second-order valence-electron chi connectivity index (χ2n) is 10.0. The molecule has 0 saturated heterocycles. The number of hydrogen-bond donors (Lipinski definition) is 2. The van der Waals surface area contributed by atoms with Crippen molar-refractivity contribution in [3.8, 4) is 16.3 Å². The molecule has 0 unspecified atom stereocenters. The van der Waals surface area contributed by atoms with Crippen LogP contribution in [0.3, 0.4) is 0 Å². The van der Waals surface area contributed by atoms with Crippen molar-refractivity contribution in [3.05, 3.63) is 58.7 Å². The number of rotatable bonds is 7. The summed E-state index contributed by atoms with van der Waals surface area (Å²) in [5, 5.41) is 10.9. The van der Waals surface area contributed by atoms with Gasteiger partial charge in [-0.25, -0.2) is 14.2 Å². The van der Waals surface area contributed by atoms with Gasteiger partial charge < -0.3 is 9.84 Å². The SMILES string of the molecule is COc1cc(C(=O)O)c(F)cc1NS(=O)(=O)c1csc(-c2ccc(C3CCC4(CCCC4)CC3)cc2)n1. The molecule has 0 atom stereocenters. The van der Waals surface area contributed by atoms with Gasteiger partial charge in [-0.05, 0) is 61.5 Å². The fourth-order valence-corrected chi connectivity index (χ4v) is 7.93. The normalized spacial score (nSPS) is 17.7. The molecule has 1 heterocycles. The van der Waals surface area contributed by atoms with Gasteiger partial charge in [-0.1, -0.05) is 37.1 Å². The van der Waals surface area contributed by atoms with E-state index in [1.54, 1.807) is 0 Å². The monoisotopic (exact) mass is 544 g/mol. The van der Waals surface area contributed by atoms with Crippen LogP contribution in [0.25, 0.3) is 10.6 Å². The highest BCUT2D eigenvalue weighted by Crippen LogP contribution is 2.52. The minimum atomic E-state index is -4.16. The summed E-state index contributed by atoms with van der Waals surface area (Å²) in [5.41, 5.74) is 1.91. The summed E-state index contributed by atoms with van der Waals surface area (Å²) in [6.07, 6.45) is 10.6. The third kappa shape index (κ3) is 5.22. The molecule has 0 aliphatic heterocycles. The number of carboxylic acid groups (broad SMARTS) is 1. The Kier molecular flexibility index (Phi) is 6.97. The summed E-state index contributed by atoms with van der Waals surface area (Å²) in [7, 11) is -2.93. The maximum Gasteiger partial charge on any atom is 0.338 e. The maximum absolute atomic E-state index is 14.2. The fraction of sp³-hybridized carbons (Fsp3) is 0.407. The van der Waals surface area contributed by atoms with Crippen LogP contribution in [0.4, 0.5) is 10.1 Å². The molecule has 2 aromatic carbocycles. The number of hydrogen-bond acceptors (Lipinski definition) is 6. The lowest BCUT2D eigenvalue weighted by Gasteiger charge is -2.37. The minimum absolute atomic E-state index is 0.116. The minimum Gasteiger partial charge on any atom is -0.495 e. The topological polar surface area (TPSA) is 106 Å². The third-order valence-electron chi connectivity index (χ3n) is 7.86. The molecule has 196 valence electrons. The van der Waals surface area contributed by atoms with Crippen LogP contribution in [0.5, 0.6) is 5.75 Å². The van der Waals surface area contributed by atoms with Gasteiger partial charge in [0, 0.05) is 17.0 Å². The van der Waals surface area contributed by atoms with E-state index in [9.17, 15) is 17.6 Å². The molecular weight excluding hydrogens is 515 g/mol. The Balaban J connectivity index is 1.30. The summed E-state index contributed by atoms with van der Waals surface area (Å²) in [6.45, 7) is 0. The van der Waals surface area contributed by atoms with Gasteiger partial charge in [-0.3, -0.25) is 4.72 Å². The van der Waals surface area contributed by atoms with Crippen LogP contribution >= 0.6 is 11.3 Å². The van der Waals surface area contributed by atoms with Crippen molar-refractivity contribution in [1.82, 2.24) is 4.98 Å². The highest BCUT2D eigenvalue weighted by atomic mass is 32.2. The second-order valence-corrected chi connectivity index (χ2v) is 12.5. The lowest BCUT2D eigenvalue weighted by Crippen LogP contribution is -2.23. The molecule has 7 nitrogen and oxygen atoms in total. The van der Waals surface area contributed by atoms with Crippen molar-refractivity contribution in [1.29, 1.82) is 0 Å². The molecule has 37 heavy (non-hydrogen) atoms. The molecule has 1 spiro atoms. The Morgan fingerprint density at radius 2 is 1.81 bits per heavy atom. The number of aromatic carboxylic acids is 1. The van der Waals surface area contributed by atoms with E-state index in [4.69, 9.17) is 9.84 Å². The molecule has 0 amide bonds. The number of ether oxygens (including phenoxy) is 1. The quantitative estimate of drug-likeness (QED) is 0.344. The summed E-state index contributed by atoms with van der Waals surface area (Å²) >= 11 is 1.20. The molecule has 2 aliphatic rings. The molecular formula is C27H29FN2O5S2. The van der Waals surface area contributed by atoms with E-state index in [-0.39, 0.29) is 16.5 Å². The van der Waals surface area contributed by atoms with E-state index < -0.39 is 27.4 Å². The summed E-state index contributed by atoms with van der Waals surface area (Å²) in [5.74, 6) is -2.11. The van der Waals surface area contributed by atoms with E-state index in [1.165, 1.54) is 80.8 Å². The number of anilines is 1. The van der Waals surface area contributed by atoms with Gasteiger partial charge in [0.25, 0.3) is 10.0 Å². The molecule has 2 N–H and O–H groups in total. The third-order valence-corrected chi connectivity index (χ3v) is 10.2. The van der Waals surface area contributed by atoms with Gasteiger partial charge >= 0.3 is 5.97 Å². The Labute approximate surface area is 219 Å². The number of nitrogens with zero attached hydrogens (tertiary/aromatic N) is 1. The number of carboxylic acids is 1. The zero-order chi connectivity index (χ0) is 26.2. The Hall–Kier alpha value is -2.98. The first-order chi connectivity index (χ1) is 17.7. The highest BCUT2D eigenvalue weighted by Gasteiger charge is 2.37. The fourth-order valence-electron chi connectivity index (χ4n) is 5.76. The van der Waals surface area contributed by atoms with Crippen LogP contribution in [0, 0.1) is 11.2 Å². The first-order valence-electron chi connectivity index (χ1n) is 12.4. The van der Waals surface area contributed by atoms with Crippen LogP contribution in [-0.2, 0) is 10.0 Å². The van der Waals surface area contributed by atoms with Crippen molar-refractivity contribution >= 4 is 33.0 Å². The Morgan fingerprint density at radius 1 is 1.14 bits per heavy atom. The molecule has 0 bridgehead atoms. The Morgan fingerprint density at radius 3 is 2.43 bits per heavy atom. The lowest BCUT2D eigenvalue weighted by molar-refractivity contribution is 0.0691. The average Bonchev–Trinajstić information content (AvgIpc) is 3.55. The number of thiazole rings is 1. The molecule has 10 heteroatoms. The summed E-state index contributed by atoms with van der Waals surface area (Å²) in [4.78, 5) is 15.5. The van der Waals surface area contributed by atoms with E-state index in [0.717, 1.165) is 17.7 Å². The van der Waals surface area contributed by atoms with Crippen molar-refractivity contribution < 1.29 is 27.4 Å². The number of sulfonamides is 1. The van der Waals surface area contributed by atoms with Gasteiger partial charge in [0.15, 0.2) is 5.03 Å². The maximum atomic E-state index is 14.2. The molecule has 3 aromatic rings. The Bertz CT molecular complexity index is 1400. The van der Waals surface area contributed by atoms with E-state index in [0.29, 0.717) is 16.3 Å². The van der Waals surface area contributed by atoms with Crippen LogP contribution < -0.4 is 9.46 Å². The second kappa shape index (κ2) is 10.1. The van der Waals surface area contributed by atoms with Gasteiger partial charge in [0.1, 0.15) is 16.6 Å². The van der Waals surface area contributed by atoms with Crippen molar-refractivity contribution in [2.75, 3.05) is 11.8 Å². The molecule has 1 aromatic heterocycles. The number of methoxy groups -OCH3 is 1. The van der Waals surface area contributed by atoms with Crippen molar-refractivity contribution in [2.24, 2.45) is 5.41 Å². The van der Waals surface area contributed by atoms with Gasteiger partial charge in [-0.2, -0.15) is 8.42 Å². The van der Waals surface area contributed by atoms with Crippen molar-refractivity contribution in [2.45, 2.75) is 62.3 Å². The zero-order valence-electron chi connectivity index (χ0n) is 20.5. The van der Waals surface area contributed by atoms with Crippen LogP contribution in [0.1, 0.15) is 73.2 Å². The number of carbonyl (C=O) groups is 1. The molecule has 0 radical (unpaired) electrons. The first-order valence-corrected chi connectivity index (χ1v) is 14.8. The number of nitrogens with one attached hydrogen (secondary N) is 1. The van der Waals surface area contributed by atoms with E-state index >= 15 is 0 Å². The molecule has 2 saturated carbocycles. The van der Waals surface area contributed by atoms with Gasteiger partial charge in [0.2, 0.25) is 0 Å². The van der Waals surface area contributed by atoms with Crippen LogP contribution in [0.2, 0.25) is 0 Å². The first kappa shape index (κ1) is 25.7. The highest BCUT2D eigenvalue weighted by molar-refractivity contribution is 7.92. The van der Waals surface area contributed by atoms with Gasteiger partial charge in [0.05, 0.1) is 18.4 Å². The zero-order valence-corrected chi connectivity index (χ0v) is 22.1. The molecule has 2 aliphatic carbocycles. The average molecular weight is 545 g/mol. The van der Waals surface area contributed by atoms with E-state index in [2.05, 4.69) is 21.8 Å². The van der Waals surface area contributed by atoms with Crippen LogP contribution in [-0.4, -0.2) is 31.6 Å². The number of benzene rings is 2. The molecule has 2 fully saturated rings. The van der Waals surface area contributed by atoms with E-state index in [1.807, 2.05) is 12.1 Å². The van der Waals surface area contributed by atoms with Gasteiger partial charge in [-0.15, -0.1) is 11.3 Å².